The van der Waals surface area contributed by atoms with Gasteiger partial charge in [-0.15, -0.1) is 5.10 Å². The molecular weight excluding hydrogens is 390 g/mol. The molecule has 0 saturated carbocycles. The van der Waals surface area contributed by atoms with Crippen LogP contribution in [0, 0.1) is 11.6 Å². The highest BCUT2D eigenvalue weighted by Crippen LogP contribution is 2.32. The number of H-pyrrole nitrogens is 1. The Labute approximate surface area is 163 Å². The van der Waals surface area contributed by atoms with Crippen molar-refractivity contribution in [3.05, 3.63) is 48.0 Å². The Balaban J connectivity index is 1.64. The molecule has 146 valence electrons. The van der Waals surface area contributed by atoms with Gasteiger partial charge in [-0.3, -0.25) is 9.89 Å². The number of hydrogen-bond donors (Lipinski definition) is 2. The van der Waals surface area contributed by atoms with Crippen molar-refractivity contribution in [2.75, 3.05) is 25.3 Å². The van der Waals surface area contributed by atoms with Gasteiger partial charge in [0.25, 0.3) is 0 Å². The first-order valence-corrected chi connectivity index (χ1v) is 9.00. The van der Waals surface area contributed by atoms with Crippen molar-refractivity contribution >= 4 is 23.4 Å². The number of ether oxygens (including phenoxy) is 2. The number of nitrogens with zero attached hydrogens (tertiary/aromatic N) is 2. The zero-order valence-electron chi connectivity index (χ0n) is 15.0. The highest BCUT2D eigenvalue weighted by molar-refractivity contribution is 7.99. The summed E-state index contributed by atoms with van der Waals surface area (Å²) in [6.07, 6.45) is 0. The van der Waals surface area contributed by atoms with E-state index in [2.05, 4.69) is 20.5 Å². The first-order valence-electron chi connectivity index (χ1n) is 8.02. The number of anilines is 1. The van der Waals surface area contributed by atoms with Gasteiger partial charge < -0.3 is 14.8 Å². The summed E-state index contributed by atoms with van der Waals surface area (Å²) in [6.45, 7) is 0. The van der Waals surface area contributed by atoms with E-state index < -0.39 is 17.5 Å². The smallest absolute Gasteiger partial charge is 0.234 e. The predicted octanol–water partition coefficient (Wildman–Crippen LogP) is 3.50. The molecule has 1 amide bonds. The molecule has 2 aromatic carbocycles. The molecule has 0 spiro atoms. The van der Waals surface area contributed by atoms with Gasteiger partial charge in [0.15, 0.2) is 5.82 Å². The molecule has 0 aliphatic carbocycles. The number of aromatic nitrogens is 3. The van der Waals surface area contributed by atoms with Gasteiger partial charge in [-0.1, -0.05) is 11.8 Å². The van der Waals surface area contributed by atoms with Crippen LogP contribution in [0.3, 0.4) is 0 Å². The van der Waals surface area contributed by atoms with Crippen molar-refractivity contribution in [3.63, 3.8) is 0 Å². The number of methoxy groups -OCH3 is 2. The molecule has 0 radical (unpaired) electrons. The molecular formula is C18H16F2N4O3S. The summed E-state index contributed by atoms with van der Waals surface area (Å²) < 4.78 is 36.8. The number of thioether (sulfide) groups is 1. The Morgan fingerprint density at radius 3 is 2.57 bits per heavy atom. The molecule has 0 fully saturated rings. The number of carbonyl (C=O) groups is 1. The van der Waals surface area contributed by atoms with E-state index in [1.54, 1.807) is 25.3 Å². The molecule has 0 aliphatic rings. The van der Waals surface area contributed by atoms with Crippen molar-refractivity contribution in [3.8, 4) is 22.9 Å². The third-order valence-electron chi connectivity index (χ3n) is 3.61. The number of carbonyl (C=O) groups excluding carboxylic acids is 1. The van der Waals surface area contributed by atoms with Crippen molar-refractivity contribution in [1.29, 1.82) is 0 Å². The quantitative estimate of drug-likeness (QED) is 0.584. The zero-order valence-corrected chi connectivity index (χ0v) is 15.8. The molecule has 10 heteroatoms. The van der Waals surface area contributed by atoms with Crippen LogP contribution in [0.25, 0.3) is 11.4 Å². The minimum Gasteiger partial charge on any atom is -0.497 e. The minimum atomic E-state index is -0.769. The normalized spacial score (nSPS) is 10.6. The van der Waals surface area contributed by atoms with Gasteiger partial charge >= 0.3 is 0 Å². The molecule has 3 rings (SSSR count). The average Bonchev–Trinajstić information content (AvgIpc) is 3.13. The highest BCUT2D eigenvalue weighted by atomic mass is 32.2. The highest BCUT2D eigenvalue weighted by Gasteiger charge is 2.14. The van der Waals surface area contributed by atoms with E-state index in [9.17, 15) is 13.6 Å². The van der Waals surface area contributed by atoms with Crippen LogP contribution in [-0.2, 0) is 4.79 Å². The van der Waals surface area contributed by atoms with Crippen LogP contribution in [-0.4, -0.2) is 41.1 Å². The second kappa shape index (κ2) is 8.70. The monoisotopic (exact) mass is 406 g/mol. The lowest BCUT2D eigenvalue weighted by molar-refractivity contribution is -0.113. The molecule has 0 unspecified atom stereocenters. The molecule has 3 aromatic rings. The summed E-state index contributed by atoms with van der Waals surface area (Å²) in [7, 11) is 3.09. The maximum absolute atomic E-state index is 13.2. The molecule has 28 heavy (non-hydrogen) atoms. The fourth-order valence-electron chi connectivity index (χ4n) is 2.38. The molecule has 0 bridgehead atoms. The second-order valence-electron chi connectivity index (χ2n) is 5.53. The van der Waals surface area contributed by atoms with Crippen LogP contribution in [0.1, 0.15) is 0 Å². The molecule has 7 nitrogen and oxygen atoms in total. The fraction of sp³-hybridized carbons (Fsp3) is 0.167. The standard InChI is InChI=1S/C18H16F2N4O3S/c1-26-13-3-4-14(15(8-13)27-2)17-22-18(24-23-17)28-9-16(25)21-12-6-10(19)5-11(20)7-12/h3-8H,9H2,1-2H3,(H,21,25)(H,22,23,24). The third-order valence-corrected chi connectivity index (χ3v) is 4.45. The maximum Gasteiger partial charge on any atom is 0.234 e. The number of rotatable bonds is 7. The van der Waals surface area contributed by atoms with Gasteiger partial charge in [-0.2, -0.15) is 0 Å². The molecule has 1 heterocycles. The van der Waals surface area contributed by atoms with Crippen LogP contribution < -0.4 is 14.8 Å². The largest absolute Gasteiger partial charge is 0.497 e. The Hall–Kier alpha value is -3.14. The molecule has 2 N–H and O–H groups in total. The number of halogens is 2. The van der Waals surface area contributed by atoms with Crippen molar-refractivity contribution in [2.24, 2.45) is 0 Å². The molecule has 0 saturated heterocycles. The number of nitrogens with one attached hydrogen (secondary N) is 2. The lowest BCUT2D eigenvalue weighted by Gasteiger charge is -2.07. The lowest BCUT2D eigenvalue weighted by Crippen LogP contribution is -2.14. The predicted molar refractivity (Wildman–Crippen MR) is 101 cm³/mol. The molecule has 1 aromatic heterocycles. The van der Waals surface area contributed by atoms with E-state index in [0.29, 0.717) is 28.0 Å². The summed E-state index contributed by atoms with van der Waals surface area (Å²) >= 11 is 1.07. The molecule has 0 aliphatic heterocycles. The fourth-order valence-corrected chi connectivity index (χ4v) is 2.98. The van der Waals surface area contributed by atoms with Gasteiger partial charge in [0, 0.05) is 17.8 Å². The SMILES string of the molecule is COc1ccc(-c2nc(SCC(=O)Nc3cc(F)cc(F)c3)n[nH]2)c(OC)c1. The van der Waals surface area contributed by atoms with Crippen LogP contribution >= 0.6 is 11.8 Å². The summed E-state index contributed by atoms with van der Waals surface area (Å²) in [5.74, 6) is -0.351. The first kappa shape index (κ1) is 19.6. The third kappa shape index (κ3) is 4.77. The van der Waals surface area contributed by atoms with E-state index in [1.165, 1.54) is 7.11 Å². The molecule has 0 atom stereocenters. The summed E-state index contributed by atoms with van der Waals surface area (Å²) in [6, 6.07) is 8.05. The minimum absolute atomic E-state index is 0.0326. The van der Waals surface area contributed by atoms with Crippen LogP contribution in [0.4, 0.5) is 14.5 Å². The Morgan fingerprint density at radius 2 is 1.89 bits per heavy atom. The van der Waals surface area contributed by atoms with Gasteiger partial charge in [0.2, 0.25) is 11.1 Å². The maximum atomic E-state index is 13.2. The average molecular weight is 406 g/mol. The van der Waals surface area contributed by atoms with Crippen LogP contribution in [0.2, 0.25) is 0 Å². The summed E-state index contributed by atoms with van der Waals surface area (Å²) in [4.78, 5) is 16.3. The Bertz CT molecular complexity index is 976. The van der Waals surface area contributed by atoms with Crippen LogP contribution in [0.5, 0.6) is 11.5 Å². The van der Waals surface area contributed by atoms with Crippen LogP contribution in [0.15, 0.2) is 41.6 Å². The van der Waals surface area contributed by atoms with E-state index in [1.807, 2.05) is 0 Å². The topological polar surface area (TPSA) is 89.1 Å². The first-order chi connectivity index (χ1) is 13.5. The van der Waals surface area contributed by atoms with Gasteiger partial charge in [-0.05, 0) is 24.3 Å². The van der Waals surface area contributed by atoms with E-state index in [-0.39, 0.29) is 11.4 Å². The van der Waals surface area contributed by atoms with Gasteiger partial charge in [0.05, 0.1) is 25.5 Å². The van der Waals surface area contributed by atoms with Gasteiger partial charge in [-0.25, -0.2) is 13.8 Å². The van der Waals surface area contributed by atoms with Gasteiger partial charge in [0.1, 0.15) is 23.1 Å². The van der Waals surface area contributed by atoms with Crippen molar-refractivity contribution < 1.29 is 23.0 Å². The van der Waals surface area contributed by atoms with Crippen molar-refractivity contribution in [1.82, 2.24) is 15.2 Å². The Morgan fingerprint density at radius 1 is 1.14 bits per heavy atom. The second-order valence-corrected chi connectivity index (χ2v) is 6.47. The van der Waals surface area contributed by atoms with E-state index in [0.717, 1.165) is 30.0 Å². The number of aromatic amines is 1. The number of benzene rings is 2. The van der Waals surface area contributed by atoms with E-state index >= 15 is 0 Å². The number of hydrogen-bond acceptors (Lipinski definition) is 6. The number of amides is 1. The Kier molecular flexibility index (Phi) is 6.09. The van der Waals surface area contributed by atoms with Crippen molar-refractivity contribution in [2.45, 2.75) is 5.16 Å². The summed E-state index contributed by atoms with van der Waals surface area (Å²) in [5.41, 5.74) is 0.726. The van der Waals surface area contributed by atoms with E-state index in [4.69, 9.17) is 9.47 Å². The summed E-state index contributed by atoms with van der Waals surface area (Å²) in [5, 5.41) is 9.61. The zero-order chi connectivity index (χ0) is 20.1. The lowest BCUT2D eigenvalue weighted by atomic mass is 10.2.